The van der Waals surface area contributed by atoms with Gasteiger partial charge in [-0.2, -0.15) is 13.2 Å². The van der Waals surface area contributed by atoms with Crippen LogP contribution in [0.4, 0.5) is 13.2 Å². The average Bonchev–Trinajstić information content (AvgIpc) is 2.64. The van der Waals surface area contributed by atoms with Gasteiger partial charge in [0.15, 0.2) is 11.6 Å². The molecule has 2 aromatic carbocycles. The number of halogens is 3. The van der Waals surface area contributed by atoms with Gasteiger partial charge in [0.2, 0.25) is 0 Å². The lowest BCUT2D eigenvalue weighted by atomic mass is 9.93. The second-order valence-electron chi connectivity index (χ2n) is 6.28. The van der Waals surface area contributed by atoms with Crippen LogP contribution in [0.2, 0.25) is 0 Å². The molecule has 0 spiro atoms. The Morgan fingerprint density at radius 3 is 2.15 bits per heavy atom. The van der Waals surface area contributed by atoms with Gasteiger partial charge in [0.05, 0.1) is 5.56 Å². The van der Waals surface area contributed by atoms with E-state index in [1.165, 1.54) is 5.56 Å². The van der Waals surface area contributed by atoms with E-state index < -0.39 is 11.7 Å². The standard InChI is InChI=1S/C21H17F3O2/c22-21(23,24)18-9-7-15(8-10-18)19(25)11-12-20(26)17-6-5-14-3-1-2-4-16(14)13-17/h2,4-10,13H,1,3,11-12H2. The molecule has 0 atom stereocenters. The molecule has 0 aromatic heterocycles. The highest BCUT2D eigenvalue weighted by Gasteiger charge is 2.30. The molecule has 0 radical (unpaired) electrons. The number of ketones is 2. The first-order chi connectivity index (χ1) is 12.3. The van der Waals surface area contributed by atoms with Crippen molar-refractivity contribution in [2.45, 2.75) is 31.9 Å². The molecule has 1 aliphatic carbocycles. The fraction of sp³-hybridized carbons (Fsp3) is 0.238. The van der Waals surface area contributed by atoms with E-state index in [0.29, 0.717) is 5.56 Å². The monoisotopic (exact) mass is 358 g/mol. The van der Waals surface area contributed by atoms with Crippen LogP contribution in [0.3, 0.4) is 0 Å². The Morgan fingerprint density at radius 2 is 1.50 bits per heavy atom. The molecule has 0 saturated heterocycles. The lowest BCUT2D eigenvalue weighted by Crippen LogP contribution is -2.08. The third kappa shape index (κ3) is 4.10. The lowest BCUT2D eigenvalue weighted by molar-refractivity contribution is -0.137. The van der Waals surface area contributed by atoms with Gasteiger partial charge in [-0.15, -0.1) is 0 Å². The number of allylic oxidation sites excluding steroid dienone is 1. The third-order valence-corrected chi connectivity index (χ3v) is 4.46. The van der Waals surface area contributed by atoms with Crippen LogP contribution in [-0.4, -0.2) is 11.6 Å². The number of aryl methyl sites for hydroxylation is 1. The van der Waals surface area contributed by atoms with Gasteiger partial charge < -0.3 is 0 Å². The summed E-state index contributed by atoms with van der Waals surface area (Å²) < 4.78 is 37.6. The van der Waals surface area contributed by atoms with Crippen molar-refractivity contribution >= 4 is 17.6 Å². The van der Waals surface area contributed by atoms with E-state index in [4.69, 9.17) is 0 Å². The molecule has 2 nitrogen and oxygen atoms in total. The zero-order chi connectivity index (χ0) is 18.7. The maximum atomic E-state index is 12.5. The first-order valence-electron chi connectivity index (χ1n) is 8.38. The SMILES string of the molecule is O=C(CCC(=O)c1ccc2c(c1)C=CCC2)c1ccc(C(F)(F)F)cc1. The van der Waals surface area contributed by atoms with Crippen LogP contribution in [0.5, 0.6) is 0 Å². The lowest BCUT2D eigenvalue weighted by Gasteiger charge is -2.11. The first kappa shape index (κ1) is 18.1. The summed E-state index contributed by atoms with van der Waals surface area (Å²) in [5, 5.41) is 0. The molecule has 0 aliphatic heterocycles. The summed E-state index contributed by atoms with van der Waals surface area (Å²) in [6.45, 7) is 0. The number of fused-ring (bicyclic) bond motifs is 1. The zero-order valence-electron chi connectivity index (χ0n) is 14.0. The number of alkyl halides is 3. The van der Waals surface area contributed by atoms with Gasteiger partial charge in [0.25, 0.3) is 0 Å². The van der Waals surface area contributed by atoms with E-state index in [9.17, 15) is 22.8 Å². The number of benzene rings is 2. The molecule has 1 aliphatic rings. The average molecular weight is 358 g/mol. The highest BCUT2D eigenvalue weighted by Crippen LogP contribution is 2.29. The Bertz CT molecular complexity index is 862. The van der Waals surface area contributed by atoms with E-state index >= 15 is 0 Å². The minimum atomic E-state index is -4.43. The minimum absolute atomic E-state index is 0.0301. The summed E-state index contributed by atoms with van der Waals surface area (Å²) in [6, 6.07) is 9.59. The number of carbonyl (C=O) groups is 2. The topological polar surface area (TPSA) is 34.1 Å². The van der Waals surface area contributed by atoms with Gasteiger partial charge in [0.1, 0.15) is 0 Å². The van der Waals surface area contributed by atoms with Crippen LogP contribution < -0.4 is 0 Å². The second kappa shape index (κ2) is 7.28. The smallest absolute Gasteiger partial charge is 0.294 e. The molecule has 0 unspecified atom stereocenters. The molecule has 0 bridgehead atoms. The van der Waals surface area contributed by atoms with Crippen molar-refractivity contribution in [3.05, 3.63) is 76.4 Å². The summed E-state index contributed by atoms with van der Waals surface area (Å²) in [5.74, 6) is -0.489. The summed E-state index contributed by atoms with van der Waals surface area (Å²) in [7, 11) is 0. The second-order valence-corrected chi connectivity index (χ2v) is 6.28. The molecule has 0 fully saturated rings. The van der Waals surface area contributed by atoms with Crippen LogP contribution >= 0.6 is 0 Å². The van der Waals surface area contributed by atoms with Gasteiger partial charge in [-0.05, 0) is 42.2 Å². The van der Waals surface area contributed by atoms with Crippen molar-refractivity contribution < 1.29 is 22.8 Å². The van der Waals surface area contributed by atoms with Crippen molar-refractivity contribution in [3.8, 4) is 0 Å². The van der Waals surface area contributed by atoms with Crippen molar-refractivity contribution in [2.75, 3.05) is 0 Å². The Kier molecular flexibility index (Phi) is 5.07. The fourth-order valence-electron chi connectivity index (χ4n) is 2.96. The maximum Gasteiger partial charge on any atom is 0.416 e. The summed E-state index contributed by atoms with van der Waals surface area (Å²) >= 11 is 0. The van der Waals surface area contributed by atoms with Crippen LogP contribution in [0.25, 0.3) is 6.08 Å². The minimum Gasteiger partial charge on any atom is -0.294 e. The zero-order valence-corrected chi connectivity index (χ0v) is 14.0. The summed E-state index contributed by atoms with van der Waals surface area (Å²) in [5.41, 5.74) is 2.16. The maximum absolute atomic E-state index is 12.5. The van der Waals surface area contributed by atoms with Gasteiger partial charge in [-0.25, -0.2) is 0 Å². The number of rotatable bonds is 5. The van der Waals surface area contributed by atoms with Crippen LogP contribution in [0.15, 0.2) is 48.5 Å². The van der Waals surface area contributed by atoms with Crippen molar-refractivity contribution in [1.29, 1.82) is 0 Å². The van der Waals surface area contributed by atoms with Crippen molar-refractivity contribution in [2.24, 2.45) is 0 Å². The van der Waals surface area contributed by atoms with Crippen molar-refractivity contribution in [3.63, 3.8) is 0 Å². The third-order valence-electron chi connectivity index (χ3n) is 4.46. The highest BCUT2D eigenvalue weighted by molar-refractivity contribution is 6.02. The van der Waals surface area contributed by atoms with E-state index in [1.54, 1.807) is 6.07 Å². The predicted molar refractivity (Wildman–Crippen MR) is 93.1 cm³/mol. The molecule has 0 heterocycles. The van der Waals surface area contributed by atoms with Gasteiger partial charge >= 0.3 is 6.18 Å². The van der Waals surface area contributed by atoms with Crippen LogP contribution in [0.1, 0.15) is 56.7 Å². The van der Waals surface area contributed by atoms with Gasteiger partial charge in [0, 0.05) is 24.0 Å². The Hall–Kier alpha value is -2.69. The number of hydrogen-bond acceptors (Lipinski definition) is 2. The number of carbonyl (C=O) groups excluding carboxylic acids is 2. The predicted octanol–water partition coefficient (Wildman–Crippen LogP) is 5.51. The molecule has 0 saturated carbocycles. The Balaban J connectivity index is 1.62. The molecule has 2 aromatic rings. The number of hydrogen-bond donors (Lipinski definition) is 0. The summed E-state index contributed by atoms with van der Waals surface area (Å²) in [6.07, 6.45) is 1.56. The quantitative estimate of drug-likeness (QED) is 0.661. The van der Waals surface area contributed by atoms with Crippen LogP contribution in [0, 0.1) is 0 Å². The molecule has 0 N–H and O–H groups in total. The first-order valence-corrected chi connectivity index (χ1v) is 8.38. The normalized spacial score (nSPS) is 13.3. The number of Topliss-reactive ketones (excluding diaryl/α,β-unsaturated/α-hetero) is 2. The van der Waals surface area contributed by atoms with E-state index in [1.807, 2.05) is 18.2 Å². The van der Waals surface area contributed by atoms with Crippen molar-refractivity contribution in [1.82, 2.24) is 0 Å². The molecular weight excluding hydrogens is 341 g/mol. The molecule has 26 heavy (non-hydrogen) atoms. The van der Waals surface area contributed by atoms with E-state index in [2.05, 4.69) is 6.08 Å². The highest BCUT2D eigenvalue weighted by atomic mass is 19.4. The summed E-state index contributed by atoms with van der Waals surface area (Å²) in [4.78, 5) is 24.5. The largest absolute Gasteiger partial charge is 0.416 e. The van der Waals surface area contributed by atoms with Gasteiger partial charge in [-0.1, -0.05) is 36.4 Å². The Labute approximate surface area is 149 Å². The fourth-order valence-corrected chi connectivity index (χ4v) is 2.96. The molecule has 0 amide bonds. The Morgan fingerprint density at radius 1 is 0.885 bits per heavy atom. The van der Waals surface area contributed by atoms with Gasteiger partial charge in [-0.3, -0.25) is 9.59 Å². The van der Waals surface area contributed by atoms with E-state index in [-0.39, 0.29) is 30.0 Å². The van der Waals surface area contributed by atoms with Crippen LogP contribution in [-0.2, 0) is 12.6 Å². The molecule has 134 valence electrons. The molecule has 5 heteroatoms. The molecular formula is C21H17F3O2. The van der Waals surface area contributed by atoms with E-state index in [0.717, 1.165) is 42.7 Å². The molecule has 3 rings (SSSR count).